The van der Waals surface area contributed by atoms with E-state index in [-0.39, 0.29) is 5.60 Å². The van der Waals surface area contributed by atoms with Crippen LogP contribution in [0.3, 0.4) is 0 Å². The summed E-state index contributed by atoms with van der Waals surface area (Å²) < 4.78 is 7.66. The minimum Gasteiger partial charge on any atom is -0.375 e. The molecule has 0 saturated carbocycles. The Morgan fingerprint density at radius 2 is 2.20 bits per heavy atom. The molecule has 0 aromatic carbocycles. The number of nitrogens with zero attached hydrogens (tertiary/aromatic N) is 1. The predicted octanol–water partition coefficient (Wildman–Crippen LogP) is 1.93. The van der Waals surface area contributed by atoms with Gasteiger partial charge < -0.3 is 14.6 Å². The van der Waals surface area contributed by atoms with E-state index in [4.69, 9.17) is 4.74 Å². The van der Waals surface area contributed by atoms with Gasteiger partial charge in [-0.3, -0.25) is 0 Å². The molecular formula is C12H22N2O. The molecule has 0 aliphatic carbocycles. The second-order valence-corrected chi connectivity index (χ2v) is 4.48. The third-order valence-corrected chi connectivity index (χ3v) is 2.31. The van der Waals surface area contributed by atoms with Gasteiger partial charge in [-0.1, -0.05) is 0 Å². The van der Waals surface area contributed by atoms with Gasteiger partial charge in [0.2, 0.25) is 0 Å². The first-order valence-electron chi connectivity index (χ1n) is 5.49. The summed E-state index contributed by atoms with van der Waals surface area (Å²) in [5.74, 6) is 0. The average Bonchev–Trinajstić information content (AvgIpc) is 2.51. The minimum absolute atomic E-state index is 0.0798. The quantitative estimate of drug-likeness (QED) is 0.776. The number of rotatable bonds is 6. The fourth-order valence-corrected chi connectivity index (χ4v) is 1.62. The van der Waals surface area contributed by atoms with Crippen LogP contribution in [0.2, 0.25) is 0 Å². The van der Waals surface area contributed by atoms with E-state index < -0.39 is 0 Å². The number of nitrogens with one attached hydrogen (secondary N) is 1. The SMILES string of the molecule is CCOC(C)(C)CNCc1ccn(C)c1. The lowest BCUT2D eigenvalue weighted by Gasteiger charge is -2.24. The van der Waals surface area contributed by atoms with Crippen molar-refractivity contribution in [1.29, 1.82) is 0 Å². The molecule has 0 amide bonds. The Morgan fingerprint density at radius 1 is 1.47 bits per heavy atom. The van der Waals surface area contributed by atoms with Crippen LogP contribution in [-0.2, 0) is 18.3 Å². The molecule has 86 valence electrons. The lowest BCUT2D eigenvalue weighted by atomic mass is 10.1. The molecule has 1 N–H and O–H groups in total. The summed E-state index contributed by atoms with van der Waals surface area (Å²) in [5.41, 5.74) is 1.23. The molecule has 0 aliphatic rings. The number of hydrogen-bond donors (Lipinski definition) is 1. The molecule has 0 aliphatic heterocycles. The van der Waals surface area contributed by atoms with Gasteiger partial charge in [0, 0.05) is 39.1 Å². The summed E-state index contributed by atoms with van der Waals surface area (Å²) in [6.07, 6.45) is 4.19. The monoisotopic (exact) mass is 210 g/mol. The van der Waals surface area contributed by atoms with Crippen molar-refractivity contribution in [3.63, 3.8) is 0 Å². The van der Waals surface area contributed by atoms with Crippen molar-refractivity contribution >= 4 is 0 Å². The van der Waals surface area contributed by atoms with Gasteiger partial charge in [0.05, 0.1) is 5.60 Å². The lowest BCUT2D eigenvalue weighted by Crippen LogP contribution is -2.37. The normalized spacial score (nSPS) is 12.0. The Bertz CT molecular complexity index is 292. The van der Waals surface area contributed by atoms with Crippen LogP contribution < -0.4 is 5.32 Å². The van der Waals surface area contributed by atoms with Crippen molar-refractivity contribution in [3.8, 4) is 0 Å². The second kappa shape index (κ2) is 5.33. The first kappa shape index (κ1) is 12.3. The Morgan fingerprint density at radius 3 is 2.73 bits per heavy atom. The fourth-order valence-electron chi connectivity index (χ4n) is 1.62. The Kier molecular flexibility index (Phi) is 4.36. The van der Waals surface area contributed by atoms with Gasteiger partial charge in [0.15, 0.2) is 0 Å². The van der Waals surface area contributed by atoms with Gasteiger partial charge in [-0.2, -0.15) is 0 Å². The molecule has 15 heavy (non-hydrogen) atoms. The largest absolute Gasteiger partial charge is 0.375 e. The molecule has 0 atom stereocenters. The zero-order valence-corrected chi connectivity index (χ0v) is 10.2. The van der Waals surface area contributed by atoms with E-state index in [1.807, 2.05) is 14.0 Å². The number of ether oxygens (including phenoxy) is 1. The molecule has 0 fully saturated rings. The van der Waals surface area contributed by atoms with Crippen molar-refractivity contribution in [3.05, 3.63) is 24.0 Å². The second-order valence-electron chi connectivity index (χ2n) is 4.48. The smallest absolute Gasteiger partial charge is 0.0750 e. The van der Waals surface area contributed by atoms with Gasteiger partial charge in [0.25, 0.3) is 0 Å². The summed E-state index contributed by atoms with van der Waals surface area (Å²) in [6.45, 7) is 8.77. The highest BCUT2D eigenvalue weighted by Gasteiger charge is 2.16. The van der Waals surface area contributed by atoms with Crippen molar-refractivity contribution < 1.29 is 4.74 Å². The van der Waals surface area contributed by atoms with E-state index in [1.54, 1.807) is 0 Å². The van der Waals surface area contributed by atoms with Crippen LogP contribution in [0.5, 0.6) is 0 Å². The third kappa shape index (κ3) is 4.49. The molecule has 3 heteroatoms. The molecule has 0 radical (unpaired) electrons. The summed E-state index contributed by atoms with van der Waals surface area (Å²) in [5, 5.41) is 3.40. The highest BCUT2D eigenvalue weighted by atomic mass is 16.5. The van der Waals surface area contributed by atoms with Crippen LogP contribution >= 0.6 is 0 Å². The molecule has 0 bridgehead atoms. The molecule has 0 spiro atoms. The highest BCUT2D eigenvalue weighted by molar-refractivity contribution is 5.09. The Labute approximate surface area is 92.4 Å². The van der Waals surface area contributed by atoms with Gasteiger partial charge in [0.1, 0.15) is 0 Å². The maximum absolute atomic E-state index is 5.60. The van der Waals surface area contributed by atoms with E-state index >= 15 is 0 Å². The Hall–Kier alpha value is -0.800. The molecule has 0 saturated heterocycles. The van der Waals surface area contributed by atoms with Crippen LogP contribution in [-0.4, -0.2) is 23.3 Å². The van der Waals surface area contributed by atoms with Crippen molar-refractivity contribution in [2.24, 2.45) is 7.05 Å². The molecular weight excluding hydrogens is 188 g/mol. The average molecular weight is 210 g/mol. The molecule has 1 aromatic heterocycles. The maximum atomic E-state index is 5.60. The summed E-state index contributed by atoms with van der Waals surface area (Å²) >= 11 is 0. The van der Waals surface area contributed by atoms with E-state index in [9.17, 15) is 0 Å². The van der Waals surface area contributed by atoms with Crippen LogP contribution in [0, 0.1) is 0 Å². The minimum atomic E-state index is -0.0798. The Balaban J connectivity index is 2.27. The first-order valence-corrected chi connectivity index (χ1v) is 5.49. The molecule has 1 aromatic rings. The van der Waals surface area contributed by atoms with Crippen LogP contribution in [0.4, 0.5) is 0 Å². The molecule has 1 rings (SSSR count). The zero-order valence-electron chi connectivity index (χ0n) is 10.2. The summed E-state index contributed by atoms with van der Waals surface area (Å²) in [7, 11) is 2.04. The molecule has 3 nitrogen and oxygen atoms in total. The lowest BCUT2D eigenvalue weighted by molar-refractivity contribution is -0.00897. The maximum Gasteiger partial charge on any atom is 0.0750 e. The van der Waals surface area contributed by atoms with Gasteiger partial charge >= 0.3 is 0 Å². The molecule has 1 heterocycles. The fraction of sp³-hybridized carbons (Fsp3) is 0.667. The van der Waals surface area contributed by atoms with Gasteiger partial charge in [-0.05, 0) is 32.4 Å². The van der Waals surface area contributed by atoms with Gasteiger partial charge in [-0.15, -0.1) is 0 Å². The van der Waals surface area contributed by atoms with E-state index in [1.165, 1.54) is 5.56 Å². The highest BCUT2D eigenvalue weighted by Crippen LogP contribution is 2.07. The van der Waals surface area contributed by atoms with E-state index in [0.717, 1.165) is 19.7 Å². The predicted molar refractivity (Wildman–Crippen MR) is 62.8 cm³/mol. The zero-order chi connectivity index (χ0) is 11.3. The van der Waals surface area contributed by atoms with E-state index in [2.05, 4.69) is 42.2 Å². The van der Waals surface area contributed by atoms with Crippen molar-refractivity contribution in [1.82, 2.24) is 9.88 Å². The summed E-state index contributed by atoms with van der Waals surface area (Å²) in [6, 6.07) is 2.13. The summed E-state index contributed by atoms with van der Waals surface area (Å²) in [4.78, 5) is 0. The number of hydrogen-bond acceptors (Lipinski definition) is 2. The van der Waals surface area contributed by atoms with E-state index in [0.29, 0.717) is 0 Å². The van der Waals surface area contributed by atoms with Crippen molar-refractivity contribution in [2.45, 2.75) is 32.9 Å². The molecule has 0 unspecified atom stereocenters. The standard InChI is InChI=1S/C12H22N2O/c1-5-15-12(2,3)10-13-8-11-6-7-14(4)9-11/h6-7,9,13H,5,8,10H2,1-4H3. The van der Waals surface area contributed by atoms with Crippen LogP contribution in [0.25, 0.3) is 0 Å². The topological polar surface area (TPSA) is 26.2 Å². The van der Waals surface area contributed by atoms with Crippen LogP contribution in [0.1, 0.15) is 26.3 Å². The third-order valence-electron chi connectivity index (χ3n) is 2.31. The first-order chi connectivity index (χ1) is 7.03. The number of aryl methyl sites for hydroxylation is 1. The van der Waals surface area contributed by atoms with Crippen molar-refractivity contribution in [2.75, 3.05) is 13.2 Å². The van der Waals surface area contributed by atoms with Gasteiger partial charge in [-0.25, -0.2) is 0 Å². The van der Waals surface area contributed by atoms with Crippen LogP contribution in [0.15, 0.2) is 18.5 Å². The number of aromatic nitrogens is 1.